The lowest BCUT2D eigenvalue weighted by Crippen LogP contribution is -2.47. The van der Waals surface area contributed by atoms with Crippen molar-refractivity contribution in [2.24, 2.45) is 5.10 Å². The van der Waals surface area contributed by atoms with Crippen LogP contribution >= 0.6 is 0 Å². The molecule has 1 aromatic heterocycles. The zero-order valence-electron chi connectivity index (χ0n) is 18.0. The van der Waals surface area contributed by atoms with Gasteiger partial charge >= 0.3 is 5.97 Å². The van der Waals surface area contributed by atoms with Crippen molar-refractivity contribution < 1.29 is 9.53 Å². The van der Waals surface area contributed by atoms with Crippen molar-refractivity contribution in [3.05, 3.63) is 51.8 Å². The highest BCUT2D eigenvalue weighted by atomic mass is 16.5. The number of hydrogen-bond acceptors (Lipinski definition) is 10. The number of rotatable bonds is 6. The van der Waals surface area contributed by atoms with Gasteiger partial charge in [0.15, 0.2) is 0 Å². The van der Waals surface area contributed by atoms with E-state index in [2.05, 4.69) is 30.7 Å². The van der Waals surface area contributed by atoms with Crippen molar-refractivity contribution in [2.45, 2.75) is 26.5 Å². The minimum atomic E-state index is -0.256. The smallest absolute Gasteiger partial charge is 0.338 e. The maximum absolute atomic E-state index is 11.8. The Balaban J connectivity index is 1.44. The molecule has 1 aromatic carbocycles. The maximum atomic E-state index is 11.8. The molecule has 0 unspecified atom stereocenters. The van der Waals surface area contributed by atoms with E-state index in [1.165, 1.54) is 12.4 Å². The number of aryl methyl sites for hydroxylation is 1. The van der Waals surface area contributed by atoms with Gasteiger partial charge in [0.1, 0.15) is 12.7 Å². The number of carbonyl (C=O) groups excluding carboxylic acids is 1. The van der Waals surface area contributed by atoms with E-state index in [9.17, 15) is 4.79 Å². The van der Waals surface area contributed by atoms with Crippen LogP contribution in [0.25, 0.3) is 0 Å². The van der Waals surface area contributed by atoms with Crippen LogP contribution in [0.1, 0.15) is 44.3 Å². The van der Waals surface area contributed by atoms with Crippen LogP contribution in [0.5, 0.6) is 0 Å². The second-order valence-electron chi connectivity index (χ2n) is 7.79. The van der Waals surface area contributed by atoms with Gasteiger partial charge in [-0.05, 0) is 31.0 Å². The van der Waals surface area contributed by atoms with Crippen molar-refractivity contribution in [1.29, 1.82) is 10.7 Å². The summed E-state index contributed by atoms with van der Waals surface area (Å²) in [5, 5.41) is 24.5. The topological polar surface area (TPSA) is 139 Å². The molecule has 0 radical (unpaired) electrons. The SMILES string of the molecule is Cc1nc(N/N=C(\C=N)CN2CCN[C@H](c3ccc4c(c3C)COC4=O)C2)ncc1C#N. The third-order valence-electron chi connectivity index (χ3n) is 5.79. The highest BCUT2D eigenvalue weighted by Crippen LogP contribution is 2.30. The molecule has 1 fully saturated rings. The standard InChI is InChI=1S/C22H24N8O2/c1-13-17(3-4-18-19(13)12-32-21(18)31)20-11-30(6-5-25-20)10-16(8-24)28-29-22-26-9-15(7-23)14(2)27-22/h3-4,8-9,20,24-25H,5-6,10-12H2,1-2H3,(H,26,27,29)/b24-8?,28-16+/t20-/m0/s1. The molecule has 0 bridgehead atoms. The summed E-state index contributed by atoms with van der Waals surface area (Å²) in [6.07, 6.45) is 2.66. The van der Waals surface area contributed by atoms with E-state index >= 15 is 0 Å². The minimum Gasteiger partial charge on any atom is -0.457 e. The first-order chi connectivity index (χ1) is 15.5. The fourth-order valence-electron chi connectivity index (χ4n) is 4.00. The molecule has 0 amide bonds. The van der Waals surface area contributed by atoms with Crippen LogP contribution in [-0.4, -0.2) is 58.9 Å². The fourth-order valence-corrected chi connectivity index (χ4v) is 4.00. The van der Waals surface area contributed by atoms with Crippen molar-refractivity contribution in [3.63, 3.8) is 0 Å². The monoisotopic (exact) mass is 432 g/mol. The maximum Gasteiger partial charge on any atom is 0.338 e. The fraction of sp³-hybridized carbons (Fsp3) is 0.364. The summed E-state index contributed by atoms with van der Waals surface area (Å²) in [5.74, 6) is 0.0261. The number of cyclic esters (lactones) is 1. The molecule has 164 valence electrons. The van der Waals surface area contributed by atoms with Crippen LogP contribution in [0.15, 0.2) is 23.4 Å². The van der Waals surface area contributed by atoms with Gasteiger partial charge in [0.25, 0.3) is 0 Å². The normalized spacial score (nSPS) is 18.6. The number of hydrazone groups is 1. The van der Waals surface area contributed by atoms with E-state index in [-0.39, 0.29) is 18.0 Å². The zero-order valence-corrected chi connectivity index (χ0v) is 18.0. The molecule has 10 heteroatoms. The van der Waals surface area contributed by atoms with Crippen molar-refractivity contribution in [1.82, 2.24) is 20.2 Å². The summed E-state index contributed by atoms with van der Waals surface area (Å²) < 4.78 is 5.17. The van der Waals surface area contributed by atoms with E-state index in [0.29, 0.717) is 35.7 Å². The van der Waals surface area contributed by atoms with E-state index < -0.39 is 0 Å². The summed E-state index contributed by atoms with van der Waals surface area (Å²) in [6, 6.07) is 5.98. The number of ether oxygens (including phenoxy) is 1. The number of nitrogens with one attached hydrogen (secondary N) is 3. The van der Waals surface area contributed by atoms with Crippen LogP contribution in [0.2, 0.25) is 0 Å². The Bertz CT molecular complexity index is 1140. The lowest BCUT2D eigenvalue weighted by atomic mass is 9.93. The molecule has 2 aliphatic rings. The first-order valence-electron chi connectivity index (χ1n) is 10.3. The van der Waals surface area contributed by atoms with Gasteiger partial charge in [0.05, 0.1) is 28.7 Å². The van der Waals surface area contributed by atoms with Gasteiger partial charge < -0.3 is 15.5 Å². The van der Waals surface area contributed by atoms with E-state index in [1.54, 1.807) is 6.92 Å². The Morgan fingerprint density at radius 3 is 3.09 bits per heavy atom. The van der Waals surface area contributed by atoms with E-state index in [1.807, 2.05) is 25.1 Å². The van der Waals surface area contributed by atoms with E-state index in [0.717, 1.165) is 36.3 Å². The third-order valence-corrected chi connectivity index (χ3v) is 5.79. The Labute approximate surface area is 185 Å². The Hall–Kier alpha value is -3.68. The Kier molecular flexibility index (Phi) is 6.20. The molecule has 10 nitrogen and oxygen atoms in total. The number of carbonyl (C=O) groups is 1. The quantitative estimate of drug-likeness (QED) is 0.356. The number of fused-ring (bicyclic) bond motifs is 1. The molecule has 0 saturated carbocycles. The van der Waals surface area contributed by atoms with Gasteiger partial charge in [0.2, 0.25) is 5.95 Å². The average molecular weight is 432 g/mol. The molecule has 0 aliphatic carbocycles. The van der Waals surface area contributed by atoms with Gasteiger partial charge in [-0.25, -0.2) is 20.2 Å². The van der Waals surface area contributed by atoms with Crippen LogP contribution in [0.4, 0.5) is 5.95 Å². The van der Waals surface area contributed by atoms with Crippen molar-refractivity contribution in [3.8, 4) is 6.07 Å². The highest BCUT2D eigenvalue weighted by Gasteiger charge is 2.28. The lowest BCUT2D eigenvalue weighted by molar-refractivity contribution is 0.0535. The van der Waals surface area contributed by atoms with Crippen LogP contribution in [0.3, 0.4) is 0 Å². The number of piperazine rings is 1. The summed E-state index contributed by atoms with van der Waals surface area (Å²) in [4.78, 5) is 22.3. The summed E-state index contributed by atoms with van der Waals surface area (Å²) in [5.41, 5.74) is 8.17. The molecule has 1 saturated heterocycles. The predicted molar refractivity (Wildman–Crippen MR) is 119 cm³/mol. The van der Waals surface area contributed by atoms with Crippen LogP contribution in [-0.2, 0) is 11.3 Å². The van der Waals surface area contributed by atoms with Crippen molar-refractivity contribution in [2.75, 3.05) is 31.6 Å². The molecule has 3 heterocycles. The Morgan fingerprint density at radius 1 is 1.50 bits per heavy atom. The van der Waals surface area contributed by atoms with Gasteiger partial charge in [-0.3, -0.25) is 4.90 Å². The molecule has 0 spiro atoms. The van der Waals surface area contributed by atoms with Gasteiger partial charge in [0, 0.05) is 44.0 Å². The predicted octanol–water partition coefficient (Wildman–Crippen LogP) is 1.70. The summed E-state index contributed by atoms with van der Waals surface area (Å²) in [7, 11) is 0. The number of esters is 1. The summed E-state index contributed by atoms with van der Waals surface area (Å²) >= 11 is 0. The van der Waals surface area contributed by atoms with Gasteiger partial charge in [-0.1, -0.05) is 6.07 Å². The number of benzene rings is 1. The first kappa shape index (κ1) is 21.5. The zero-order chi connectivity index (χ0) is 22.7. The molecule has 3 N–H and O–H groups in total. The van der Waals surface area contributed by atoms with E-state index in [4.69, 9.17) is 15.4 Å². The number of aromatic nitrogens is 2. The molecular formula is C22H24N8O2. The highest BCUT2D eigenvalue weighted by molar-refractivity contribution is 6.30. The number of nitrogens with zero attached hydrogens (tertiary/aromatic N) is 5. The van der Waals surface area contributed by atoms with Crippen LogP contribution in [0, 0.1) is 30.6 Å². The summed E-state index contributed by atoms with van der Waals surface area (Å²) in [6.45, 7) is 6.95. The molecule has 2 aliphatic heterocycles. The molecule has 1 atom stereocenters. The molecule has 4 rings (SSSR count). The van der Waals surface area contributed by atoms with Crippen molar-refractivity contribution >= 4 is 23.8 Å². The average Bonchev–Trinajstić information content (AvgIpc) is 3.18. The molecule has 2 aromatic rings. The van der Waals surface area contributed by atoms with Crippen LogP contribution < -0.4 is 10.7 Å². The molecular weight excluding hydrogens is 408 g/mol. The third kappa shape index (κ3) is 4.34. The lowest BCUT2D eigenvalue weighted by Gasteiger charge is -2.34. The van der Waals surface area contributed by atoms with Gasteiger partial charge in [-0.15, -0.1) is 0 Å². The second kappa shape index (κ2) is 9.21. The van der Waals surface area contributed by atoms with Gasteiger partial charge in [-0.2, -0.15) is 10.4 Å². The first-order valence-corrected chi connectivity index (χ1v) is 10.3. The number of hydrogen-bond donors (Lipinski definition) is 3. The molecule has 32 heavy (non-hydrogen) atoms. The Morgan fingerprint density at radius 2 is 2.34 bits per heavy atom. The number of nitriles is 1. The number of anilines is 1. The largest absolute Gasteiger partial charge is 0.457 e. The minimum absolute atomic E-state index is 0.106. The second-order valence-corrected chi connectivity index (χ2v) is 7.79.